The molecule has 1 heterocycles. The van der Waals surface area contributed by atoms with Gasteiger partial charge in [-0.05, 0) is 29.8 Å². The van der Waals surface area contributed by atoms with Crippen LogP contribution in [0.4, 0.5) is 0 Å². The molecule has 0 spiro atoms. The zero-order chi connectivity index (χ0) is 17.6. The van der Waals surface area contributed by atoms with E-state index < -0.39 is 0 Å². The van der Waals surface area contributed by atoms with Crippen LogP contribution in [0.1, 0.15) is 16.7 Å². The number of para-hydroxylation sites is 1. The fraction of sp³-hybridized carbons (Fsp3) is 0.0952. The monoisotopic (exact) mass is 327 g/mol. The Morgan fingerprint density at radius 1 is 1.16 bits per heavy atom. The van der Waals surface area contributed by atoms with E-state index in [2.05, 4.69) is 11.1 Å². The lowest BCUT2D eigenvalue weighted by atomic mass is 10.1. The fourth-order valence-electron chi connectivity index (χ4n) is 2.59. The quantitative estimate of drug-likeness (QED) is 0.685. The number of nitriles is 1. The third kappa shape index (κ3) is 3.91. The first-order valence-electron chi connectivity index (χ1n) is 7.93. The first-order chi connectivity index (χ1) is 12.2. The van der Waals surface area contributed by atoms with Gasteiger partial charge >= 0.3 is 0 Å². The highest BCUT2D eigenvalue weighted by atomic mass is 16.2. The predicted octanol–water partition coefficient (Wildman–Crippen LogP) is 3.78. The van der Waals surface area contributed by atoms with Crippen molar-refractivity contribution in [1.29, 1.82) is 5.26 Å². The van der Waals surface area contributed by atoms with Gasteiger partial charge in [-0.1, -0.05) is 36.4 Å². The molecule has 0 saturated carbocycles. The van der Waals surface area contributed by atoms with E-state index >= 15 is 0 Å². The van der Waals surface area contributed by atoms with Gasteiger partial charge in [-0.3, -0.25) is 9.78 Å². The van der Waals surface area contributed by atoms with Gasteiger partial charge in [0.05, 0.1) is 17.1 Å². The molecule has 0 aliphatic heterocycles. The normalized spacial score (nSPS) is 10.7. The van der Waals surface area contributed by atoms with Gasteiger partial charge in [0, 0.05) is 36.8 Å². The zero-order valence-corrected chi connectivity index (χ0v) is 13.9. The molecule has 2 aromatic carbocycles. The standard InChI is InChI=1S/C21H17N3O/c1-24(15-17-9-7-16(14-22)8-10-17)20(25)12-11-19-5-2-4-18-6-3-13-23-21(18)19/h2-13H,15H2,1H3/b12-11+. The number of benzene rings is 2. The summed E-state index contributed by atoms with van der Waals surface area (Å²) in [6, 6.07) is 19.1. The molecular formula is C21H17N3O. The molecule has 4 heteroatoms. The van der Waals surface area contributed by atoms with Gasteiger partial charge in [0.1, 0.15) is 0 Å². The van der Waals surface area contributed by atoms with E-state index in [-0.39, 0.29) is 5.91 Å². The van der Waals surface area contributed by atoms with Crippen LogP contribution in [0, 0.1) is 11.3 Å². The highest BCUT2D eigenvalue weighted by molar-refractivity contribution is 5.95. The summed E-state index contributed by atoms with van der Waals surface area (Å²) in [7, 11) is 1.76. The minimum absolute atomic E-state index is 0.0858. The third-order valence-electron chi connectivity index (χ3n) is 3.95. The van der Waals surface area contributed by atoms with Crippen LogP contribution in [0.5, 0.6) is 0 Å². The van der Waals surface area contributed by atoms with Crippen molar-refractivity contribution in [2.75, 3.05) is 7.05 Å². The Kier molecular flexibility index (Phi) is 4.87. The third-order valence-corrected chi connectivity index (χ3v) is 3.95. The van der Waals surface area contributed by atoms with Gasteiger partial charge in [-0.15, -0.1) is 0 Å². The van der Waals surface area contributed by atoms with Crippen molar-refractivity contribution < 1.29 is 4.79 Å². The summed E-state index contributed by atoms with van der Waals surface area (Å²) in [5, 5.41) is 9.87. The molecule has 0 fully saturated rings. The predicted molar refractivity (Wildman–Crippen MR) is 98.4 cm³/mol. The summed E-state index contributed by atoms with van der Waals surface area (Å²) in [6.45, 7) is 0.489. The Balaban J connectivity index is 1.72. The van der Waals surface area contributed by atoms with Crippen molar-refractivity contribution >= 4 is 22.9 Å². The van der Waals surface area contributed by atoms with Gasteiger partial charge in [0.2, 0.25) is 5.91 Å². The number of aromatic nitrogens is 1. The minimum atomic E-state index is -0.0858. The van der Waals surface area contributed by atoms with Crippen molar-refractivity contribution in [3.05, 3.63) is 83.6 Å². The van der Waals surface area contributed by atoms with Crippen LogP contribution in [0.15, 0.2) is 66.9 Å². The molecule has 0 aliphatic rings. The average Bonchev–Trinajstić information content (AvgIpc) is 2.66. The van der Waals surface area contributed by atoms with Crippen molar-refractivity contribution in [2.45, 2.75) is 6.54 Å². The molecule has 0 unspecified atom stereocenters. The SMILES string of the molecule is CN(Cc1ccc(C#N)cc1)C(=O)/C=C/c1cccc2cccnc12. The molecule has 0 bridgehead atoms. The largest absolute Gasteiger partial charge is 0.338 e. The molecule has 3 aromatic rings. The van der Waals surface area contributed by atoms with Crippen molar-refractivity contribution in [1.82, 2.24) is 9.88 Å². The summed E-state index contributed by atoms with van der Waals surface area (Å²) < 4.78 is 0. The molecule has 0 atom stereocenters. The van der Waals surface area contributed by atoms with Crippen LogP contribution >= 0.6 is 0 Å². The highest BCUT2D eigenvalue weighted by Gasteiger charge is 2.06. The molecule has 1 aromatic heterocycles. The first kappa shape index (κ1) is 16.4. The van der Waals surface area contributed by atoms with Crippen LogP contribution in [0.25, 0.3) is 17.0 Å². The summed E-state index contributed by atoms with van der Waals surface area (Å²) in [5.74, 6) is -0.0858. The summed E-state index contributed by atoms with van der Waals surface area (Å²) in [4.78, 5) is 18.4. The zero-order valence-electron chi connectivity index (χ0n) is 13.9. The van der Waals surface area contributed by atoms with Gasteiger partial charge in [-0.25, -0.2) is 0 Å². The lowest BCUT2D eigenvalue weighted by Gasteiger charge is -2.15. The molecular weight excluding hydrogens is 310 g/mol. The van der Waals surface area contributed by atoms with Crippen LogP contribution < -0.4 is 0 Å². The van der Waals surface area contributed by atoms with Crippen LogP contribution in [-0.4, -0.2) is 22.8 Å². The molecule has 122 valence electrons. The second-order valence-electron chi connectivity index (χ2n) is 5.76. The van der Waals surface area contributed by atoms with Crippen LogP contribution in [0.2, 0.25) is 0 Å². The van der Waals surface area contributed by atoms with Crippen LogP contribution in [0.3, 0.4) is 0 Å². The lowest BCUT2D eigenvalue weighted by molar-refractivity contribution is -0.125. The van der Waals surface area contributed by atoms with Gasteiger partial charge in [0.25, 0.3) is 0 Å². The Morgan fingerprint density at radius 3 is 2.68 bits per heavy atom. The summed E-state index contributed by atoms with van der Waals surface area (Å²) in [6.07, 6.45) is 5.11. The molecule has 0 saturated heterocycles. The maximum Gasteiger partial charge on any atom is 0.246 e. The summed E-state index contributed by atoms with van der Waals surface area (Å²) in [5.41, 5.74) is 3.39. The highest BCUT2D eigenvalue weighted by Crippen LogP contribution is 2.17. The van der Waals surface area contributed by atoms with Crippen molar-refractivity contribution in [3.8, 4) is 6.07 Å². The molecule has 0 aliphatic carbocycles. The maximum atomic E-state index is 12.3. The number of nitrogens with zero attached hydrogens (tertiary/aromatic N) is 3. The van der Waals surface area contributed by atoms with Gasteiger partial charge in [-0.2, -0.15) is 5.26 Å². The molecule has 4 nitrogen and oxygen atoms in total. The molecule has 1 amide bonds. The lowest BCUT2D eigenvalue weighted by Crippen LogP contribution is -2.24. The van der Waals surface area contributed by atoms with E-state index in [1.165, 1.54) is 0 Å². The number of carbonyl (C=O) groups is 1. The minimum Gasteiger partial charge on any atom is -0.338 e. The number of pyridine rings is 1. The first-order valence-corrected chi connectivity index (χ1v) is 7.93. The maximum absolute atomic E-state index is 12.3. The molecule has 3 rings (SSSR count). The Hall–Kier alpha value is -3.45. The Bertz CT molecular complexity index is 963. The number of amides is 1. The van der Waals surface area contributed by atoms with Crippen LogP contribution in [-0.2, 0) is 11.3 Å². The van der Waals surface area contributed by atoms with E-state index in [0.717, 1.165) is 22.0 Å². The second kappa shape index (κ2) is 7.41. The van der Waals surface area contributed by atoms with E-state index in [0.29, 0.717) is 12.1 Å². The van der Waals surface area contributed by atoms with E-state index in [9.17, 15) is 4.79 Å². The number of likely N-dealkylation sites (N-methyl/N-ethyl adjacent to an activating group) is 1. The van der Waals surface area contributed by atoms with Gasteiger partial charge in [0.15, 0.2) is 0 Å². The number of carbonyl (C=O) groups excluding carboxylic acids is 1. The topological polar surface area (TPSA) is 57.0 Å². The number of hydrogen-bond acceptors (Lipinski definition) is 3. The van der Waals surface area contributed by atoms with Gasteiger partial charge < -0.3 is 4.90 Å². The second-order valence-corrected chi connectivity index (χ2v) is 5.76. The van der Waals surface area contributed by atoms with E-state index in [1.54, 1.807) is 42.4 Å². The average molecular weight is 327 g/mol. The van der Waals surface area contributed by atoms with E-state index in [1.807, 2.05) is 42.5 Å². The number of hydrogen-bond donors (Lipinski definition) is 0. The Labute approximate surface area is 146 Å². The van der Waals surface area contributed by atoms with Crippen molar-refractivity contribution in [3.63, 3.8) is 0 Å². The molecule has 0 N–H and O–H groups in total. The Morgan fingerprint density at radius 2 is 1.92 bits per heavy atom. The number of fused-ring (bicyclic) bond motifs is 1. The summed E-state index contributed by atoms with van der Waals surface area (Å²) >= 11 is 0. The number of rotatable bonds is 4. The fourth-order valence-corrected chi connectivity index (χ4v) is 2.59. The molecule has 0 radical (unpaired) electrons. The van der Waals surface area contributed by atoms with Crippen molar-refractivity contribution in [2.24, 2.45) is 0 Å². The van der Waals surface area contributed by atoms with E-state index in [4.69, 9.17) is 5.26 Å². The molecule has 25 heavy (non-hydrogen) atoms. The smallest absolute Gasteiger partial charge is 0.246 e.